The maximum absolute atomic E-state index is 12.6. The summed E-state index contributed by atoms with van der Waals surface area (Å²) >= 11 is 0. The van der Waals surface area contributed by atoms with Gasteiger partial charge in [0.15, 0.2) is 11.5 Å². The molecule has 0 fully saturated rings. The molecule has 1 aromatic heterocycles. The zero-order valence-electron chi connectivity index (χ0n) is 19.8. The van der Waals surface area contributed by atoms with Crippen molar-refractivity contribution in [3.8, 4) is 23.1 Å². The number of carbonyl (C=O) groups excluding carboxylic acids is 1. The van der Waals surface area contributed by atoms with E-state index in [1.165, 1.54) is 11.2 Å². The van der Waals surface area contributed by atoms with Gasteiger partial charge in [-0.2, -0.15) is 0 Å². The Kier molecular flexibility index (Phi) is 8.29. The maximum Gasteiger partial charge on any atom is 0.414 e. The molecule has 0 saturated heterocycles. The van der Waals surface area contributed by atoms with E-state index in [1.54, 1.807) is 57.7 Å². The summed E-state index contributed by atoms with van der Waals surface area (Å²) < 4.78 is 22.4. The van der Waals surface area contributed by atoms with Gasteiger partial charge in [-0.1, -0.05) is 26.7 Å². The van der Waals surface area contributed by atoms with Gasteiger partial charge in [-0.25, -0.2) is 14.8 Å². The fourth-order valence-electron chi connectivity index (χ4n) is 3.52. The normalized spacial score (nSPS) is 10.8. The standard InChI is InChI=1S/C25H31N3O5/c1-6-8-18(9-7-2)33-25(29)28(3)17-10-12-19(13-11-17)32-24-20-14-22(30-4)23(31-5)15-21(20)26-16-27-24/h10-16,18H,6-9H2,1-5H3. The number of aromatic nitrogens is 2. The quantitative estimate of drug-likeness (QED) is 0.373. The minimum Gasteiger partial charge on any atom is -0.493 e. The van der Waals surface area contributed by atoms with Crippen LogP contribution in [0.2, 0.25) is 0 Å². The molecule has 3 rings (SSSR count). The van der Waals surface area contributed by atoms with Gasteiger partial charge in [0, 0.05) is 18.8 Å². The summed E-state index contributed by atoms with van der Waals surface area (Å²) in [5, 5.41) is 0.692. The molecule has 0 bridgehead atoms. The van der Waals surface area contributed by atoms with E-state index in [4.69, 9.17) is 18.9 Å². The lowest BCUT2D eigenvalue weighted by Crippen LogP contribution is -2.31. The molecule has 33 heavy (non-hydrogen) atoms. The van der Waals surface area contributed by atoms with Crippen molar-refractivity contribution >= 4 is 22.7 Å². The summed E-state index contributed by atoms with van der Waals surface area (Å²) in [5.74, 6) is 2.10. The number of hydrogen-bond acceptors (Lipinski definition) is 7. The molecule has 0 unspecified atom stereocenters. The third-order valence-electron chi connectivity index (χ3n) is 5.31. The van der Waals surface area contributed by atoms with Crippen LogP contribution in [0.25, 0.3) is 10.9 Å². The Balaban J connectivity index is 1.75. The summed E-state index contributed by atoms with van der Waals surface area (Å²) in [6.07, 6.45) is 4.70. The van der Waals surface area contributed by atoms with E-state index in [9.17, 15) is 4.79 Å². The van der Waals surface area contributed by atoms with E-state index in [1.807, 2.05) is 0 Å². The van der Waals surface area contributed by atoms with Crippen LogP contribution >= 0.6 is 0 Å². The molecule has 0 aliphatic rings. The molecule has 0 aliphatic heterocycles. The zero-order valence-corrected chi connectivity index (χ0v) is 19.8. The van der Waals surface area contributed by atoms with Crippen molar-refractivity contribution in [3.63, 3.8) is 0 Å². The van der Waals surface area contributed by atoms with Crippen LogP contribution in [-0.2, 0) is 4.74 Å². The maximum atomic E-state index is 12.6. The van der Waals surface area contributed by atoms with Crippen LogP contribution in [0.5, 0.6) is 23.1 Å². The number of hydrogen-bond donors (Lipinski definition) is 0. The number of fused-ring (bicyclic) bond motifs is 1. The first-order valence-electron chi connectivity index (χ1n) is 11.1. The van der Waals surface area contributed by atoms with Crippen LogP contribution < -0.4 is 19.1 Å². The van der Waals surface area contributed by atoms with Crippen molar-refractivity contribution < 1.29 is 23.7 Å². The smallest absolute Gasteiger partial charge is 0.414 e. The summed E-state index contributed by atoms with van der Waals surface area (Å²) in [7, 11) is 4.84. The van der Waals surface area contributed by atoms with Crippen LogP contribution in [0.4, 0.5) is 10.5 Å². The van der Waals surface area contributed by atoms with Crippen molar-refractivity contribution in [1.82, 2.24) is 9.97 Å². The average Bonchev–Trinajstić information content (AvgIpc) is 2.83. The highest BCUT2D eigenvalue weighted by Gasteiger charge is 2.18. The molecule has 3 aromatic rings. The van der Waals surface area contributed by atoms with Crippen molar-refractivity contribution in [2.24, 2.45) is 0 Å². The van der Waals surface area contributed by atoms with Gasteiger partial charge in [-0.3, -0.25) is 4.90 Å². The molecule has 176 valence electrons. The molecule has 1 heterocycles. The Bertz CT molecular complexity index is 1070. The molecule has 0 saturated carbocycles. The molecule has 1 amide bonds. The van der Waals surface area contributed by atoms with Gasteiger partial charge < -0.3 is 18.9 Å². The number of carbonyl (C=O) groups is 1. The number of anilines is 1. The molecular weight excluding hydrogens is 422 g/mol. The first-order valence-corrected chi connectivity index (χ1v) is 11.1. The van der Waals surface area contributed by atoms with Crippen LogP contribution in [0, 0.1) is 0 Å². The summed E-state index contributed by atoms with van der Waals surface area (Å²) in [4.78, 5) is 22.6. The van der Waals surface area contributed by atoms with Crippen LogP contribution in [-0.4, -0.2) is 43.4 Å². The Morgan fingerprint density at radius 2 is 1.61 bits per heavy atom. The number of amides is 1. The average molecular weight is 454 g/mol. The van der Waals surface area contributed by atoms with E-state index in [2.05, 4.69) is 23.8 Å². The van der Waals surface area contributed by atoms with E-state index in [0.29, 0.717) is 39.7 Å². The number of rotatable bonds is 10. The summed E-state index contributed by atoms with van der Waals surface area (Å²) in [5.41, 5.74) is 1.38. The molecule has 2 aromatic carbocycles. The van der Waals surface area contributed by atoms with E-state index in [-0.39, 0.29) is 12.2 Å². The minimum absolute atomic E-state index is 0.0563. The van der Waals surface area contributed by atoms with Crippen molar-refractivity contribution in [3.05, 3.63) is 42.7 Å². The lowest BCUT2D eigenvalue weighted by molar-refractivity contribution is 0.0936. The Morgan fingerprint density at radius 1 is 0.970 bits per heavy atom. The highest BCUT2D eigenvalue weighted by atomic mass is 16.6. The lowest BCUT2D eigenvalue weighted by atomic mass is 10.1. The highest BCUT2D eigenvalue weighted by molar-refractivity contribution is 5.88. The van der Waals surface area contributed by atoms with Gasteiger partial charge in [0.2, 0.25) is 5.88 Å². The Labute approximate surface area is 194 Å². The van der Waals surface area contributed by atoms with Crippen molar-refractivity contribution in [2.45, 2.75) is 45.6 Å². The molecule has 0 aliphatic carbocycles. The summed E-state index contributed by atoms with van der Waals surface area (Å²) in [6.45, 7) is 4.18. The van der Waals surface area contributed by atoms with Crippen LogP contribution in [0.1, 0.15) is 39.5 Å². The van der Waals surface area contributed by atoms with Crippen LogP contribution in [0.15, 0.2) is 42.7 Å². The van der Waals surface area contributed by atoms with Crippen LogP contribution in [0.3, 0.4) is 0 Å². The van der Waals surface area contributed by atoms with Gasteiger partial charge in [0.1, 0.15) is 18.2 Å². The van der Waals surface area contributed by atoms with E-state index in [0.717, 1.165) is 25.7 Å². The summed E-state index contributed by atoms with van der Waals surface area (Å²) in [6, 6.07) is 10.7. The van der Waals surface area contributed by atoms with E-state index >= 15 is 0 Å². The molecule has 0 N–H and O–H groups in total. The first kappa shape index (κ1) is 24.1. The predicted octanol–water partition coefficient (Wildman–Crippen LogP) is 5.98. The molecule has 0 spiro atoms. The van der Waals surface area contributed by atoms with E-state index < -0.39 is 0 Å². The number of nitrogens with zero attached hydrogens (tertiary/aromatic N) is 3. The van der Waals surface area contributed by atoms with Gasteiger partial charge in [0.05, 0.1) is 25.1 Å². The van der Waals surface area contributed by atoms with Gasteiger partial charge >= 0.3 is 6.09 Å². The number of ether oxygens (including phenoxy) is 4. The van der Waals surface area contributed by atoms with Gasteiger partial charge in [-0.15, -0.1) is 0 Å². The van der Waals surface area contributed by atoms with Crippen molar-refractivity contribution in [1.29, 1.82) is 0 Å². The second kappa shape index (κ2) is 11.4. The monoisotopic (exact) mass is 453 g/mol. The SMILES string of the molecule is CCCC(CCC)OC(=O)N(C)c1ccc(Oc2ncnc3cc(OC)c(OC)cc23)cc1. The van der Waals surface area contributed by atoms with Crippen molar-refractivity contribution in [2.75, 3.05) is 26.2 Å². The third kappa shape index (κ3) is 5.83. The fourth-order valence-corrected chi connectivity index (χ4v) is 3.52. The molecule has 0 atom stereocenters. The Morgan fingerprint density at radius 3 is 2.21 bits per heavy atom. The number of benzene rings is 2. The second-order valence-corrected chi connectivity index (χ2v) is 7.64. The first-order chi connectivity index (χ1) is 16.0. The topological polar surface area (TPSA) is 83.0 Å². The largest absolute Gasteiger partial charge is 0.493 e. The predicted molar refractivity (Wildman–Crippen MR) is 128 cm³/mol. The zero-order chi connectivity index (χ0) is 23.8. The highest BCUT2D eigenvalue weighted by Crippen LogP contribution is 2.36. The Hall–Kier alpha value is -3.55. The third-order valence-corrected chi connectivity index (χ3v) is 5.31. The lowest BCUT2D eigenvalue weighted by Gasteiger charge is -2.22. The second-order valence-electron chi connectivity index (χ2n) is 7.64. The molecule has 8 heteroatoms. The number of methoxy groups -OCH3 is 2. The minimum atomic E-state index is -0.363. The van der Waals surface area contributed by atoms with Gasteiger partial charge in [-0.05, 0) is 43.2 Å². The molecule has 0 radical (unpaired) electrons. The van der Waals surface area contributed by atoms with Gasteiger partial charge in [0.25, 0.3) is 0 Å². The fraction of sp³-hybridized carbons (Fsp3) is 0.400. The molecule has 8 nitrogen and oxygen atoms in total. The molecular formula is C25H31N3O5.